The van der Waals surface area contributed by atoms with Crippen LogP contribution in [-0.2, 0) is 6.42 Å². The fourth-order valence-electron chi connectivity index (χ4n) is 1.02. The normalized spacial score (nSPS) is 10.0. The van der Waals surface area contributed by atoms with Gasteiger partial charge in [-0.1, -0.05) is 24.9 Å². The first-order valence-electron chi connectivity index (χ1n) is 3.71. The van der Waals surface area contributed by atoms with Crippen molar-refractivity contribution in [3.63, 3.8) is 0 Å². The molecule has 1 aromatic carbocycles. The lowest BCUT2D eigenvalue weighted by Crippen LogP contribution is -1.83. The number of rotatable bonds is 2. The lowest BCUT2D eigenvalue weighted by atomic mass is 10.1. The Hall–Kier alpha value is -0.690. The minimum absolute atomic E-state index is 0.290. The predicted octanol–water partition coefficient (Wildman–Crippen LogP) is 3.00. The molecule has 1 nitrogen and oxygen atoms in total. The van der Waals surface area contributed by atoms with Gasteiger partial charge in [0, 0.05) is 5.02 Å². The van der Waals surface area contributed by atoms with E-state index in [9.17, 15) is 0 Å². The first-order valence-corrected chi connectivity index (χ1v) is 4.09. The van der Waals surface area contributed by atoms with E-state index < -0.39 is 0 Å². The molecular weight excluding hydrogens is 160 g/mol. The van der Waals surface area contributed by atoms with Crippen LogP contribution in [0.4, 0.5) is 0 Å². The van der Waals surface area contributed by atoms with E-state index >= 15 is 0 Å². The number of aromatic hydroxyl groups is 1. The number of hydrogen-bond acceptors (Lipinski definition) is 1. The van der Waals surface area contributed by atoms with Gasteiger partial charge >= 0.3 is 0 Å². The van der Waals surface area contributed by atoms with Gasteiger partial charge in [-0.25, -0.2) is 0 Å². The Morgan fingerprint density at radius 3 is 2.82 bits per heavy atom. The third kappa shape index (κ3) is 2.12. The van der Waals surface area contributed by atoms with Crippen LogP contribution in [0.5, 0.6) is 5.75 Å². The highest BCUT2D eigenvalue weighted by atomic mass is 35.5. The van der Waals surface area contributed by atoms with Crippen molar-refractivity contribution in [2.45, 2.75) is 19.8 Å². The van der Waals surface area contributed by atoms with Gasteiger partial charge in [0.15, 0.2) is 0 Å². The van der Waals surface area contributed by atoms with Crippen molar-refractivity contribution in [2.75, 3.05) is 0 Å². The number of aryl methyl sites for hydroxylation is 1. The van der Waals surface area contributed by atoms with Crippen molar-refractivity contribution in [3.05, 3.63) is 28.8 Å². The van der Waals surface area contributed by atoms with Crippen LogP contribution in [0.3, 0.4) is 0 Å². The Kier molecular flexibility index (Phi) is 2.77. The first-order chi connectivity index (χ1) is 5.24. The standard InChI is InChI=1S/C9H11ClO/c1-2-3-7-6-8(11)4-5-9(7)10/h4-6,11H,2-3H2,1H3. The lowest BCUT2D eigenvalue weighted by Gasteiger charge is -2.01. The molecule has 0 unspecified atom stereocenters. The first kappa shape index (κ1) is 8.41. The van der Waals surface area contributed by atoms with Crippen molar-refractivity contribution in [3.8, 4) is 5.75 Å². The Morgan fingerprint density at radius 1 is 1.45 bits per heavy atom. The molecule has 0 aliphatic heterocycles. The van der Waals surface area contributed by atoms with Gasteiger partial charge in [-0.15, -0.1) is 0 Å². The highest BCUT2D eigenvalue weighted by molar-refractivity contribution is 6.31. The van der Waals surface area contributed by atoms with Gasteiger partial charge in [-0.2, -0.15) is 0 Å². The summed E-state index contributed by atoms with van der Waals surface area (Å²) in [5, 5.41) is 9.85. The SMILES string of the molecule is CCCc1cc(O)ccc1Cl. The third-order valence-corrected chi connectivity index (χ3v) is 1.92. The fourth-order valence-corrected chi connectivity index (χ4v) is 1.23. The average Bonchev–Trinajstić information content (AvgIpc) is 1.98. The van der Waals surface area contributed by atoms with Crippen LogP contribution in [0.2, 0.25) is 5.02 Å². The van der Waals surface area contributed by atoms with E-state index in [1.807, 2.05) is 0 Å². The zero-order valence-electron chi connectivity index (χ0n) is 6.47. The molecule has 0 bridgehead atoms. The molecular formula is C9H11ClO. The van der Waals surface area contributed by atoms with Crippen molar-refractivity contribution in [1.29, 1.82) is 0 Å². The van der Waals surface area contributed by atoms with Crippen molar-refractivity contribution >= 4 is 11.6 Å². The Labute approximate surface area is 71.6 Å². The summed E-state index contributed by atoms with van der Waals surface area (Å²) in [5.41, 5.74) is 1.02. The Morgan fingerprint density at radius 2 is 2.18 bits per heavy atom. The van der Waals surface area contributed by atoms with E-state index in [-0.39, 0.29) is 5.75 Å². The zero-order chi connectivity index (χ0) is 8.27. The minimum Gasteiger partial charge on any atom is -0.508 e. The summed E-state index contributed by atoms with van der Waals surface area (Å²) in [5.74, 6) is 0.290. The zero-order valence-corrected chi connectivity index (χ0v) is 7.23. The Bertz CT molecular complexity index is 245. The predicted molar refractivity (Wildman–Crippen MR) is 47.1 cm³/mol. The van der Waals surface area contributed by atoms with Crippen molar-refractivity contribution in [1.82, 2.24) is 0 Å². The van der Waals surface area contributed by atoms with Gasteiger partial charge < -0.3 is 5.11 Å². The second-order valence-electron chi connectivity index (χ2n) is 2.53. The second kappa shape index (κ2) is 3.63. The molecule has 0 aliphatic rings. The lowest BCUT2D eigenvalue weighted by molar-refractivity contribution is 0.474. The maximum absolute atomic E-state index is 9.11. The molecule has 0 radical (unpaired) electrons. The van der Waals surface area contributed by atoms with E-state index in [4.69, 9.17) is 16.7 Å². The van der Waals surface area contributed by atoms with E-state index in [0.29, 0.717) is 0 Å². The van der Waals surface area contributed by atoms with E-state index in [0.717, 1.165) is 23.4 Å². The molecule has 0 atom stereocenters. The summed E-state index contributed by atoms with van der Waals surface area (Å²) >= 11 is 5.86. The molecule has 60 valence electrons. The summed E-state index contributed by atoms with van der Waals surface area (Å²) in [6, 6.07) is 5.04. The number of halogens is 1. The summed E-state index contributed by atoms with van der Waals surface area (Å²) in [6.45, 7) is 2.08. The van der Waals surface area contributed by atoms with Crippen LogP contribution in [-0.4, -0.2) is 5.11 Å². The molecule has 0 aromatic heterocycles. The highest BCUT2D eigenvalue weighted by Crippen LogP contribution is 2.21. The molecule has 0 heterocycles. The average molecular weight is 171 g/mol. The highest BCUT2D eigenvalue weighted by Gasteiger charge is 1.99. The second-order valence-corrected chi connectivity index (χ2v) is 2.93. The van der Waals surface area contributed by atoms with Gasteiger partial charge in [-0.3, -0.25) is 0 Å². The summed E-state index contributed by atoms with van der Waals surface area (Å²) < 4.78 is 0. The molecule has 1 N–H and O–H groups in total. The number of phenols is 1. The van der Waals surface area contributed by atoms with Crippen molar-refractivity contribution in [2.24, 2.45) is 0 Å². The van der Waals surface area contributed by atoms with Crippen LogP contribution in [0.25, 0.3) is 0 Å². The monoisotopic (exact) mass is 170 g/mol. The molecule has 0 spiro atoms. The van der Waals surface area contributed by atoms with Gasteiger partial charge in [-0.05, 0) is 30.2 Å². The van der Waals surface area contributed by atoms with Crippen molar-refractivity contribution < 1.29 is 5.11 Å². The fraction of sp³-hybridized carbons (Fsp3) is 0.333. The maximum atomic E-state index is 9.11. The molecule has 2 heteroatoms. The van der Waals surface area contributed by atoms with Gasteiger partial charge in [0.25, 0.3) is 0 Å². The minimum atomic E-state index is 0.290. The number of benzene rings is 1. The molecule has 1 rings (SSSR count). The number of phenolic OH excluding ortho intramolecular Hbond substituents is 1. The molecule has 0 aliphatic carbocycles. The van der Waals surface area contributed by atoms with Crippen LogP contribution < -0.4 is 0 Å². The van der Waals surface area contributed by atoms with Crippen LogP contribution in [0.1, 0.15) is 18.9 Å². The van der Waals surface area contributed by atoms with Crippen LogP contribution >= 0.6 is 11.6 Å². The van der Waals surface area contributed by atoms with Gasteiger partial charge in [0.1, 0.15) is 5.75 Å². The van der Waals surface area contributed by atoms with E-state index in [1.165, 1.54) is 0 Å². The molecule has 0 amide bonds. The van der Waals surface area contributed by atoms with Gasteiger partial charge in [0.2, 0.25) is 0 Å². The van der Waals surface area contributed by atoms with E-state index in [1.54, 1.807) is 18.2 Å². The number of hydrogen-bond donors (Lipinski definition) is 1. The summed E-state index contributed by atoms with van der Waals surface area (Å²) in [4.78, 5) is 0. The van der Waals surface area contributed by atoms with Crippen LogP contribution in [0, 0.1) is 0 Å². The summed E-state index contributed by atoms with van der Waals surface area (Å²) in [6.07, 6.45) is 1.97. The molecule has 1 aromatic rings. The molecule has 11 heavy (non-hydrogen) atoms. The van der Waals surface area contributed by atoms with E-state index in [2.05, 4.69) is 6.92 Å². The Balaban J connectivity index is 2.93. The molecule has 0 saturated heterocycles. The quantitative estimate of drug-likeness (QED) is 0.724. The van der Waals surface area contributed by atoms with Crippen LogP contribution in [0.15, 0.2) is 18.2 Å². The summed E-state index contributed by atoms with van der Waals surface area (Å²) in [7, 11) is 0. The topological polar surface area (TPSA) is 20.2 Å². The maximum Gasteiger partial charge on any atom is 0.115 e. The smallest absolute Gasteiger partial charge is 0.115 e. The van der Waals surface area contributed by atoms with Gasteiger partial charge in [0.05, 0.1) is 0 Å². The molecule has 0 fully saturated rings. The third-order valence-electron chi connectivity index (χ3n) is 1.55. The largest absolute Gasteiger partial charge is 0.508 e. The molecule has 0 saturated carbocycles.